The van der Waals surface area contributed by atoms with E-state index in [1.54, 1.807) is 35.7 Å². The lowest BCUT2D eigenvalue weighted by molar-refractivity contribution is -0.164. The summed E-state index contributed by atoms with van der Waals surface area (Å²) in [6.07, 6.45) is 5.48. The van der Waals surface area contributed by atoms with Gasteiger partial charge in [-0.3, -0.25) is 29.1 Å². The van der Waals surface area contributed by atoms with Crippen molar-refractivity contribution < 1.29 is 29.0 Å². The van der Waals surface area contributed by atoms with Gasteiger partial charge in [0.15, 0.2) is 0 Å². The minimum absolute atomic E-state index is 0.0154. The van der Waals surface area contributed by atoms with Crippen molar-refractivity contribution in [3.05, 3.63) is 99.4 Å². The SMILES string of the molecule is Cc1ncsc1-c1ccc([C@H](C)NC(=O)[C@@H]2C[C@@H](O)CN2C(=O)[C@@H](NC(=O)CN2C3CCC2CN(CCCCc2ccc(C(=O)N[C@H]4C(C)(C)[C@H](Oc5ccc(C#N)c(Cl)c5)C4(C)C)cn2)C3)C(C)(C)C)cc1. The summed E-state index contributed by atoms with van der Waals surface area (Å²) in [5.41, 5.74) is 5.20. The summed E-state index contributed by atoms with van der Waals surface area (Å²) >= 11 is 7.85. The number of nitriles is 1. The molecule has 4 amide bonds. The Labute approximate surface area is 439 Å². The Morgan fingerprint density at radius 1 is 0.959 bits per heavy atom. The van der Waals surface area contributed by atoms with Gasteiger partial charge in [0.1, 0.15) is 30.0 Å². The minimum Gasteiger partial charge on any atom is -0.489 e. The summed E-state index contributed by atoms with van der Waals surface area (Å²) < 4.78 is 6.38. The van der Waals surface area contributed by atoms with Crippen molar-refractivity contribution in [3.8, 4) is 22.3 Å². The molecule has 390 valence electrons. The molecule has 17 heteroatoms. The van der Waals surface area contributed by atoms with Gasteiger partial charge in [0.2, 0.25) is 17.7 Å². The van der Waals surface area contributed by atoms with Gasteiger partial charge in [0.05, 0.1) is 50.9 Å². The first-order chi connectivity index (χ1) is 34.5. The van der Waals surface area contributed by atoms with Crippen LogP contribution in [0, 0.1) is 34.5 Å². The van der Waals surface area contributed by atoms with E-state index in [1.807, 2.05) is 76.5 Å². The van der Waals surface area contributed by atoms with Crippen LogP contribution in [0.2, 0.25) is 5.02 Å². The maximum absolute atomic E-state index is 14.4. The molecule has 1 saturated carbocycles. The number of hydrogen-bond acceptors (Lipinski definition) is 12. The molecule has 0 spiro atoms. The number of ether oxygens (including phenoxy) is 1. The van der Waals surface area contributed by atoms with Crippen molar-refractivity contribution in [3.63, 3.8) is 0 Å². The van der Waals surface area contributed by atoms with E-state index in [4.69, 9.17) is 16.3 Å². The number of unbranched alkanes of at least 4 members (excludes halogenated alkanes) is 1. The molecule has 4 aliphatic rings. The Bertz CT molecular complexity index is 2670. The minimum atomic E-state index is -0.896. The predicted molar refractivity (Wildman–Crippen MR) is 283 cm³/mol. The number of piperazine rings is 1. The fourth-order valence-electron chi connectivity index (χ4n) is 12.1. The van der Waals surface area contributed by atoms with Gasteiger partial charge in [-0.25, -0.2) is 4.98 Å². The highest BCUT2D eigenvalue weighted by Gasteiger charge is 2.64. The quantitative estimate of drug-likeness (QED) is 0.0766. The Hall–Kier alpha value is -5.44. The molecule has 6 atom stereocenters. The van der Waals surface area contributed by atoms with Gasteiger partial charge in [-0.2, -0.15) is 5.26 Å². The van der Waals surface area contributed by atoms with E-state index in [1.165, 1.54) is 4.90 Å². The molecule has 2 unspecified atom stereocenters. The zero-order chi connectivity index (χ0) is 52.6. The second-order valence-corrected chi connectivity index (χ2v) is 24.3. The Morgan fingerprint density at radius 3 is 2.26 bits per heavy atom. The highest BCUT2D eigenvalue weighted by atomic mass is 35.5. The number of aliphatic hydroxyl groups is 1. The van der Waals surface area contributed by atoms with Crippen molar-refractivity contribution in [2.24, 2.45) is 16.2 Å². The van der Waals surface area contributed by atoms with Crippen LogP contribution in [0.1, 0.15) is 126 Å². The fraction of sp³-hybridized carbons (Fsp3) is 0.554. The number of hydrogen-bond donors (Lipinski definition) is 4. The van der Waals surface area contributed by atoms with Crippen molar-refractivity contribution in [2.45, 2.75) is 149 Å². The van der Waals surface area contributed by atoms with Gasteiger partial charge in [0, 0.05) is 73.0 Å². The van der Waals surface area contributed by atoms with Crippen LogP contribution in [0.25, 0.3) is 10.4 Å². The Kier molecular flexibility index (Phi) is 16.1. The monoisotopic (exact) mass is 1030 g/mol. The van der Waals surface area contributed by atoms with E-state index < -0.39 is 23.6 Å². The molecule has 0 radical (unpaired) electrons. The zero-order valence-corrected chi connectivity index (χ0v) is 45.3. The van der Waals surface area contributed by atoms with Gasteiger partial charge < -0.3 is 35.6 Å². The van der Waals surface area contributed by atoms with Crippen LogP contribution < -0.4 is 20.7 Å². The number of halogens is 1. The molecular formula is C56H72ClN9O6S. The summed E-state index contributed by atoms with van der Waals surface area (Å²) in [6.45, 7) is 20.8. The molecule has 3 aliphatic heterocycles. The molecule has 3 saturated heterocycles. The molecule has 2 aromatic heterocycles. The van der Waals surface area contributed by atoms with Gasteiger partial charge in [-0.15, -0.1) is 11.3 Å². The number of aromatic nitrogens is 2. The lowest BCUT2D eigenvalue weighted by Crippen LogP contribution is -2.74. The summed E-state index contributed by atoms with van der Waals surface area (Å²) in [7, 11) is 0. The highest BCUT2D eigenvalue weighted by Crippen LogP contribution is 2.55. The van der Waals surface area contributed by atoms with Gasteiger partial charge in [-0.05, 0) is 93.3 Å². The van der Waals surface area contributed by atoms with Crippen molar-refractivity contribution >= 4 is 46.6 Å². The number of amides is 4. The number of carbonyl (C=O) groups is 4. The van der Waals surface area contributed by atoms with Crippen LogP contribution in [0.5, 0.6) is 5.75 Å². The number of pyridine rings is 1. The average Bonchev–Trinajstić information content (AvgIpc) is 4.02. The molecule has 5 heterocycles. The Morgan fingerprint density at radius 2 is 1.66 bits per heavy atom. The molecular weight excluding hydrogens is 962 g/mol. The van der Waals surface area contributed by atoms with Crippen LogP contribution >= 0.6 is 22.9 Å². The number of β-amino-alcohol motifs (C(OH)–C–C–N with tert-alkyl or cyclic N) is 1. The number of nitrogens with zero attached hydrogens (tertiary/aromatic N) is 6. The third-order valence-electron chi connectivity index (χ3n) is 15.8. The summed E-state index contributed by atoms with van der Waals surface area (Å²) in [5.74, 6) is -0.520. The molecule has 1 aliphatic carbocycles. The number of benzene rings is 2. The normalized spacial score (nSPS) is 24.2. The van der Waals surface area contributed by atoms with E-state index in [0.717, 1.165) is 79.1 Å². The number of rotatable bonds is 17. The lowest BCUT2D eigenvalue weighted by atomic mass is 9.49. The van der Waals surface area contributed by atoms with E-state index in [-0.39, 0.29) is 84.2 Å². The second-order valence-electron chi connectivity index (χ2n) is 23.0. The standard InChI is InChI=1S/C56H72ClN9O6S/c1-33(35-13-15-36(16-14-35)47-34(2)60-32-73-47)61-50(70)45-24-42(67)30-66(45)51(71)48(54(3,4)5)62-46(68)31-65-40-20-21-41(65)29-64(28-40)23-11-10-12-39-19-17-38(27-59-39)49(69)63-52-55(6,7)53(56(52,8)9)72-43-22-18-37(26-58)44(57)25-43/h13-19,22,25,27,32-33,40-42,45,48,52-53,67H,10-12,20-21,23-24,28-31H2,1-9H3,(H,61,70)(H,62,68)(H,63,69)/t33-,40?,41?,42+,45-,48+,52-,53-/m0/s1. The third kappa shape index (κ3) is 11.8. The van der Waals surface area contributed by atoms with Crippen LogP contribution in [0.3, 0.4) is 0 Å². The largest absolute Gasteiger partial charge is 0.489 e. The molecule has 8 rings (SSSR count). The van der Waals surface area contributed by atoms with E-state index in [2.05, 4.69) is 69.5 Å². The number of carbonyl (C=O) groups excluding carboxylic acids is 4. The maximum atomic E-state index is 14.4. The number of fused-ring (bicyclic) bond motifs is 2. The lowest BCUT2D eigenvalue weighted by Gasteiger charge is -2.63. The van der Waals surface area contributed by atoms with Gasteiger partial charge in [-0.1, -0.05) is 84.3 Å². The van der Waals surface area contributed by atoms with Crippen molar-refractivity contribution in [2.75, 3.05) is 32.7 Å². The summed E-state index contributed by atoms with van der Waals surface area (Å²) in [6, 6.07) is 17.1. The molecule has 4 N–H and O–H groups in total. The first-order valence-electron chi connectivity index (χ1n) is 25.7. The van der Waals surface area contributed by atoms with Crippen LogP contribution in [-0.2, 0) is 20.8 Å². The van der Waals surface area contributed by atoms with E-state index >= 15 is 0 Å². The highest BCUT2D eigenvalue weighted by molar-refractivity contribution is 7.13. The molecule has 4 fully saturated rings. The van der Waals surface area contributed by atoms with Crippen LogP contribution in [0.15, 0.2) is 66.3 Å². The number of likely N-dealkylation sites (tertiary alicyclic amines) is 2. The van der Waals surface area contributed by atoms with Crippen molar-refractivity contribution in [1.82, 2.24) is 40.6 Å². The summed E-state index contributed by atoms with van der Waals surface area (Å²) in [4.78, 5) is 71.9. The molecule has 4 aromatic rings. The number of aliphatic hydroxyl groups excluding tert-OH is 1. The first kappa shape index (κ1) is 53.8. The number of aryl methyl sites for hydroxylation is 2. The van der Waals surface area contributed by atoms with Crippen LogP contribution in [-0.4, -0.2) is 129 Å². The topological polar surface area (TPSA) is 193 Å². The molecule has 2 aromatic carbocycles. The maximum Gasteiger partial charge on any atom is 0.253 e. The molecule has 2 bridgehead atoms. The Balaban J connectivity index is 0.773. The number of nitrogens with one attached hydrogen (secondary N) is 3. The average molecular weight is 1030 g/mol. The van der Waals surface area contributed by atoms with Crippen LogP contribution in [0.4, 0.5) is 0 Å². The fourth-order valence-corrected chi connectivity index (χ4v) is 13.1. The van der Waals surface area contributed by atoms with E-state index in [0.29, 0.717) is 21.9 Å². The number of thiazole rings is 1. The third-order valence-corrected chi connectivity index (χ3v) is 17.1. The molecule has 15 nitrogen and oxygen atoms in total. The smallest absolute Gasteiger partial charge is 0.253 e. The van der Waals surface area contributed by atoms with Gasteiger partial charge >= 0.3 is 0 Å². The van der Waals surface area contributed by atoms with Crippen molar-refractivity contribution in [1.29, 1.82) is 5.26 Å². The first-order valence-corrected chi connectivity index (χ1v) is 27.0. The second kappa shape index (κ2) is 21.8. The zero-order valence-electron chi connectivity index (χ0n) is 43.7. The van der Waals surface area contributed by atoms with E-state index in [9.17, 15) is 29.5 Å². The van der Waals surface area contributed by atoms with Gasteiger partial charge in [0.25, 0.3) is 5.91 Å². The predicted octanol–water partition coefficient (Wildman–Crippen LogP) is 7.49. The summed E-state index contributed by atoms with van der Waals surface area (Å²) in [5, 5.41) is 29.8. The molecule has 73 heavy (non-hydrogen) atoms.